The second kappa shape index (κ2) is 11.8. The normalized spacial score (nSPS) is 12.2. The van der Waals surface area contributed by atoms with Gasteiger partial charge in [-0.1, -0.05) is 52.0 Å². The smallest absolute Gasteiger partial charge is 0.228 e. The van der Waals surface area contributed by atoms with Gasteiger partial charge in [0.2, 0.25) is 5.91 Å². The Kier molecular flexibility index (Phi) is 10.8. The Balaban J connectivity index is 0.00000102. The van der Waals surface area contributed by atoms with Crippen molar-refractivity contribution in [1.82, 2.24) is 0 Å². The first kappa shape index (κ1) is 20.2. The summed E-state index contributed by atoms with van der Waals surface area (Å²) in [7, 11) is 0. The second-order valence-electron chi connectivity index (χ2n) is 4.86. The van der Waals surface area contributed by atoms with Gasteiger partial charge in [-0.05, 0) is 55.5 Å². The van der Waals surface area contributed by atoms with E-state index in [1.807, 2.05) is 59.8 Å². The van der Waals surface area contributed by atoms with E-state index in [1.54, 1.807) is 0 Å². The molecule has 1 aromatic rings. The summed E-state index contributed by atoms with van der Waals surface area (Å²) < 4.78 is 0. The van der Waals surface area contributed by atoms with Crippen LogP contribution in [0.2, 0.25) is 0 Å². The van der Waals surface area contributed by atoms with Gasteiger partial charge >= 0.3 is 0 Å². The number of rotatable bonds is 3. The summed E-state index contributed by atoms with van der Waals surface area (Å²) in [5, 5.41) is 2.96. The van der Waals surface area contributed by atoms with Gasteiger partial charge in [-0.25, -0.2) is 0 Å². The molecule has 1 N–H and O–H groups in total. The molecule has 0 bridgehead atoms. The summed E-state index contributed by atoms with van der Waals surface area (Å²) in [5.41, 5.74) is 4.34. The number of carbonyl (C=O) groups is 1. The Morgan fingerprint density at radius 3 is 2.09 bits per heavy atom. The van der Waals surface area contributed by atoms with Crippen molar-refractivity contribution in [2.45, 2.75) is 60.8 Å². The molecule has 1 aliphatic rings. The minimum atomic E-state index is 0.0535. The highest BCUT2D eigenvalue weighted by Gasteiger charge is 2.06. The lowest BCUT2D eigenvalue weighted by atomic mass is 10.0. The van der Waals surface area contributed by atoms with Gasteiger partial charge in [0, 0.05) is 5.69 Å². The average Bonchev–Trinajstić information content (AvgIpc) is 2.51. The van der Waals surface area contributed by atoms with Crippen LogP contribution in [0, 0.1) is 13.8 Å². The fourth-order valence-electron chi connectivity index (χ4n) is 2.24. The third-order valence-electron chi connectivity index (χ3n) is 2.94. The number of hydrogen-bond acceptors (Lipinski definition) is 1. The monoisotopic (exact) mass is 301 g/mol. The van der Waals surface area contributed by atoms with Crippen LogP contribution in [0.3, 0.4) is 0 Å². The third-order valence-corrected chi connectivity index (χ3v) is 2.94. The van der Waals surface area contributed by atoms with Crippen molar-refractivity contribution >= 4 is 11.6 Å². The Bertz CT molecular complexity index is 492. The highest BCUT2D eigenvalue weighted by molar-refractivity contribution is 5.92. The van der Waals surface area contributed by atoms with E-state index < -0.39 is 0 Å². The van der Waals surface area contributed by atoms with Crippen molar-refractivity contribution in [2.75, 3.05) is 5.32 Å². The van der Waals surface area contributed by atoms with E-state index in [-0.39, 0.29) is 5.91 Å². The van der Waals surface area contributed by atoms with Gasteiger partial charge in [-0.3, -0.25) is 4.79 Å². The van der Waals surface area contributed by atoms with Crippen LogP contribution >= 0.6 is 0 Å². The standard InChI is InChI=1S/C16H19NO.2C2H6/c1-12-8-13(2)10-15(9-12)17-16(18)11-14-6-4-3-5-7-14;2*1-2/h4,6-10H,3,5,11H2,1-2H3,(H,17,18);2*1-2H3. The zero-order chi connectivity index (χ0) is 17.0. The van der Waals surface area contributed by atoms with Gasteiger partial charge in [-0.15, -0.1) is 0 Å². The molecule has 22 heavy (non-hydrogen) atoms. The fraction of sp³-hybridized carbons (Fsp3) is 0.450. The number of aryl methyl sites for hydroxylation is 2. The van der Waals surface area contributed by atoms with E-state index in [9.17, 15) is 4.79 Å². The van der Waals surface area contributed by atoms with Crippen LogP contribution < -0.4 is 5.32 Å². The maximum atomic E-state index is 11.9. The second-order valence-corrected chi connectivity index (χ2v) is 4.86. The molecular weight excluding hydrogens is 270 g/mol. The predicted molar refractivity (Wildman–Crippen MR) is 98.3 cm³/mol. The van der Waals surface area contributed by atoms with Gasteiger partial charge in [0.1, 0.15) is 0 Å². The summed E-state index contributed by atoms with van der Waals surface area (Å²) in [4.78, 5) is 11.9. The molecule has 1 aliphatic carbocycles. The van der Waals surface area contributed by atoms with Gasteiger partial charge in [0.25, 0.3) is 0 Å². The van der Waals surface area contributed by atoms with Crippen LogP contribution in [0.4, 0.5) is 5.69 Å². The molecule has 0 unspecified atom stereocenters. The summed E-state index contributed by atoms with van der Waals surface area (Å²) in [6.07, 6.45) is 8.90. The summed E-state index contributed by atoms with van der Waals surface area (Å²) in [5.74, 6) is 0.0535. The summed E-state index contributed by atoms with van der Waals surface area (Å²) in [6.45, 7) is 12.1. The van der Waals surface area contributed by atoms with Crippen LogP contribution in [-0.4, -0.2) is 5.91 Å². The number of anilines is 1. The molecule has 122 valence electrons. The van der Waals surface area contributed by atoms with Crippen molar-refractivity contribution in [3.63, 3.8) is 0 Å². The molecule has 0 spiro atoms. The molecule has 2 nitrogen and oxygen atoms in total. The number of allylic oxidation sites excluding steroid dienone is 3. The highest BCUT2D eigenvalue weighted by Crippen LogP contribution is 2.17. The van der Waals surface area contributed by atoms with Crippen LogP contribution in [0.15, 0.2) is 42.0 Å². The van der Waals surface area contributed by atoms with E-state index in [1.165, 1.54) is 11.1 Å². The third kappa shape index (κ3) is 7.82. The average molecular weight is 301 g/mol. The SMILES string of the molecule is CC.CC.Cc1cc(C)cc(NC(=O)CC2=CCCC=C2)c1. The zero-order valence-corrected chi connectivity index (χ0v) is 15.0. The lowest BCUT2D eigenvalue weighted by molar-refractivity contribution is -0.115. The Hall–Kier alpha value is -1.83. The van der Waals surface area contributed by atoms with E-state index in [0.29, 0.717) is 6.42 Å². The number of hydrogen-bond donors (Lipinski definition) is 1. The molecule has 0 heterocycles. The van der Waals surface area contributed by atoms with E-state index in [2.05, 4.69) is 23.5 Å². The Morgan fingerprint density at radius 1 is 1.00 bits per heavy atom. The van der Waals surface area contributed by atoms with E-state index in [0.717, 1.165) is 24.1 Å². The van der Waals surface area contributed by atoms with Gasteiger partial charge < -0.3 is 5.32 Å². The maximum absolute atomic E-state index is 11.9. The summed E-state index contributed by atoms with van der Waals surface area (Å²) in [6, 6.07) is 6.09. The number of amides is 1. The molecule has 0 saturated carbocycles. The molecule has 2 heteroatoms. The van der Waals surface area contributed by atoms with Crippen molar-refractivity contribution in [3.8, 4) is 0 Å². The molecule has 0 saturated heterocycles. The lowest BCUT2D eigenvalue weighted by Crippen LogP contribution is -2.12. The summed E-state index contributed by atoms with van der Waals surface area (Å²) >= 11 is 0. The van der Waals surface area contributed by atoms with Gasteiger partial charge in [-0.2, -0.15) is 0 Å². The van der Waals surface area contributed by atoms with Crippen LogP contribution in [0.5, 0.6) is 0 Å². The number of benzene rings is 1. The van der Waals surface area contributed by atoms with Crippen molar-refractivity contribution in [3.05, 3.63) is 53.1 Å². The largest absolute Gasteiger partial charge is 0.326 e. The van der Waals surface area contributed by atoms with Crippen LogP contribution in [0.1, 0.15) is 58.1 Å². The molecule has 2 rings (SSSR count). The Morgan fingerprint density at radius 2 is 1.59 bits per heavy atom. The minimum absolute atomic E-state index is 0.0535. The number of carbonyl (C=O) groups excluding carboxylic acids is 1. The van der Waals surface area contributed by atoms with Crippen LogP contribution in [0.25, 0.3) is 0 Å². The Labute approximate surface area is 136 Å². The molecule has 1 aromatic carbocycles. The quantitative estimate of drug-likeness (QED) is 0.733. The van der Waals surface area contributed by atoms with E-state index in [4.69, 9.17) is 0 Å². The molecule has 0 radical (unpaired) electrons. The van der Waals surface area contributed by atoms with Crippen molar-refractivity contribution in [1.29, 1.82) is 0 Å². The molecule has 0 aliphatic heterocycles. The fourth-order valence-corrected chi connectivity index (χ4v) is 2.24. The first-order chi connectivity index (χ1) is 10.6. The van der Waals surface area contributed by atoms with Gasteiger partial charge in [0.15, 0.2) is 0 Å². The molecule has 0 atom stereocenters. The first-order valence-corrected chi connectivity index (χ1v) is 8.37. The minimum Gasteiger partial charge on any atom is -0.326 e. The molecular formula is C20H31NO. The molecule has 0 fully saturated rings. The predicted octanol–water partition coefficient (Wildman–Crippen LogP) is 5.96. The highest BCUT2D eigenvalue weighted by atomic mass is 16.1. The zero-order valence-electron chi connectivity index (χ0n) is 15.0. The molecule has 0 aromatic heterocycles. The molecule has 1 amide bonds. The first-order valence-electron chi connectivity index (χ1n) is 8.37. The van der Waals surface area contributed by atoms with E-state index >= 15 is 0 Å². The topological polar surface area (TPSA) is 29.1 Å². The van der Waals surface area contributed by atoms with Crippen LogP contribution in [-0.2, 0) is 4.79 Å². The lowest BCUT2D eigenvalue weighted by Gasteiger charge is -2.09. The van der Waals surface area contributed by atoms with Crippen molar-refractivity contribution in [2.24, 2.45) is 0 Å². The van der Waals surface area contributed by atoms with Gasteiger partial charge in [0.05, 0.1) is 6.42 Å². The maximum Gasteiger partial charge on any atom is 0.228 e. The van der Waals surface area contributed by atoms with Crippen molar-refractivity contribution < 1.29 is 4.79 Å². The number of nitrogens with one attached hydrogen (secondary N) is 1.